The van der Waals surface area contributed by atoms with E-state index in [2.05, 4.69) is 39.4 Å². The van der Waals surface area contributed by atoms with Crippen LogP contribution in [0.25, 0.3) is 0 Å². The number of guanidine groups is 1. The zero-order valence-electron chi connectivity index (χ0n) is 15.5. The molecule has 1 saturated heterocycles. The Hall–Kier alpha value is -0.930. The minimum absolute atomic E-state index is 0. The van der Waals surface area contributed by atoms with Gasteiger partial charge in [0.1, 0.15) is 5.82 Å². The van der Waals surface area contributed by atoms with E-state index in [4.69, 9.17) is 0 Å². The van der Waals surface area contributed by atoms with Crippen LogP contribution in [0.2, 0.25) is 0 Å². The van der Waals surface area contributed by atoms with E-state index in [0.717, 1.165) is 50.8 Å². The third kappa shape index (κ3) is 8.33. The molecule has 1 aromatic rings. The van der Waals surface area contributed by atoms with Crippen molar-refractivity contribution in [1.29, 1.82) is 0 Å². The maximum Gasteiger partial charge on any atom is 0.191 e. The van der Waals surface area contributed by atoms with Crippen LogP contribution in [0.3, 0.4) is 0 Å². The normalized spacial score (nSPS) is 17.7. The first-order valence-electron chi connectivity index (χ1n) is 8.66. The second-order valence-electron chi connectivity index (χ2n) is 6.64. The van der Waals surface area contributed by atoms with Crippen molar-refractivity contribution >= 4 is 29.9 Å². The van der Waals surface area contributed by atoms with Gasteiger partial charge in [-0.1, -0.05) is 19.1 Å². The van der Waals surface area contributed by atoms with Crippen LogP contribution in [-0.2, 0) is 6.54 Å². The topological polar surface area (TPSA) is 42.9 Å². The highest BCUT2D eigenvalue weighted by Gasteiger charge is 2.16. The lowest BCUT2D eigenvalue weighted by atomic mass is 10.1. The number of nitrogens with one attached hydrogen (secondary N) is 2. The number of likely N-dealkylation sites (N-methyl/N-ethyl adjacent to an activating group) is 1. The molecule has 2 N–H and O–H groups in total. The summed E-state index contributed by atoms with van der Waals surface area (Å²) >= 11 is 0. The molecule has 25 heavy (non-hydrogen) atoms. The van der Waals surface area contributed by atoms with Crippen molar-refractivity contribution < 1.29 is 4.39 Å². The number of benzene rings is 1. The van der Waals surface area contributed by atoms with Crippen LogP contribution in [-0.4, -0.2) is 69.1 Å². The van der Waals surface area contributed by atoms with E-state index in [1.165, 1.54) is 12.1 Å². The van der Waals surface area contributed by atoms with E-state index in [-0.39, 0.29) is 29.8 Å². The van der Waals surface area contributed by atoms with Gasteiger partial charge in [-0.05, 0) is 30.7 Å². The van der Waals surface area contributed by atoms with Gasteiger partial charge >= 0.3 is 0 Å². The number of piperazine rings is 1. The summed E-state index contributed by atoms with van der Waals surface area (Å²) in [6.45, 7) is 9.50. The van der Waals surface area contributed by atoms with Crippen molar-refractivity contribution in [1.82, 2.24) is 20.4 Å². The minimum atomic E-state index is -0.209. The van der Waals surface area contributed by atoms with Gasteiger partial charge in [-0.3, -0.25) is 4.99 Å². The average Bonchev–Trinajstić information content (AvgIpc) is 2.58. The van der Waals surface area contributed by atoms with E-state index >= 15 is 0 Å². The Balaban J connectivity index is 0.00000312. The summed E-state index contributed by atoms with van der Waals surface area (Å²) in [5, 5.41) is 6.64. The van der Waals surface area contributed by atoms with Crippen LogP contribution in [0.5, 0.6) is 0 Å². The average molecular weight is 463 g/mol. The lowest BCUT2D eigenvalue weighted by Gasteiger charge is -2.34. The van der Waals surface area contributed by atoms with Crippen molar-refractivity contribution in [3.05, 3.63) is 35.6 Å². The highest BCUT2D eigenvalue weighted by atomic mass is 127. The van der Waals surface area contributed by atoms with Crippen LogP contribution >= 0.6 is 24.0 Å². The molecule has 0 amide bonds. The molecule has 1 unspecified atom stereocenters. The molecule has 0 bridgehead atoms. The fourth-order valence-corrected chi connectivity index (χ4v) is 2.82. The SMILES string of the molecule is CN=C(NCc1ccc(F)cc1)NCC(C)CN1CCN(C)CC1.I. The molecule has 1 aliphatic rings. The molecule has 0 aliphatic carbocycles. The quantitative estimate of drug-likeness (QED) is 0.385. The fourth-order valence-electron chi connectivity index (χ4n) is 2.82. The van der Waals surface area contributed by atoms with Crippen molar-refractivity contribution in [2.24, 2.45) is 10.9 Å². The van der Waals surface area contributed by atoms with E-state index in [1.807, 2.05) is 0 Å². The number of halogens is 2. The highest BCUT2D eigenvalue weighted by molar-refractivity contribution is 14.0. The van der Waals surface area contributed by atoms with Crippen LogP contribution in [0.4, 0.5) is 4.39 Å². The Morgan fingerprint density at radius 3 is 2.40 bits per heavy atom. The van der Waals surface area contributed by atoms with Gasteiger partial charge in [0, 0.05) is 52.9 Å². The number of aliphatic imine (C=N–C) groups is 1. The first-order chi connectivity index (χ1) is 11.6. The Bertz CT molecular complexity index is 515. The molecule has 1 heterocycles. The predicted octanol–water partition coefficient (Wildman–Crippen LogP) is 1.99. The van der Waals surface area contributed by atoms with Crippen LogP contribution < -0.4 is 10.6 Å². The maximum atomic E-state index is 12.9. The summed E-state index contributed by atoms with van der Waals surface area (Å²) in [6, 6.07) is 6.52. The molecule has 5 nitrogen and oxygen atoms in total. The predicted molar refractivity (Wildman–Crippen MR) is 113 cm³/mol. The third-order valence-electron chi connectivity index (χ3n) is 4.38. The lowest BCUT2D eigenvalue weighted by Crippen LogP contribution is -2.47. The molecule has 1 fully saturated rings. The summed E-state index contributed by atoms with van der Waals surface area (Å²) in [4.78, 5) is 9.15. The first-order valence-corrected chi connectivity index (χ1v) is 8.66. The molecule has 0 saturated carbocycles. The molecule has 7 heteroatoms. The molecule has 0 spiro atoms. The first kappa shape index (κ1) is 22.1. The number of nitrogens with zero attached hydrogens (tertiary/aromatic N) is 3. The van der Waals surface area contributed by atoms with E-state index in [9.17, 15) is 4.39 Å². The van der Waals surface area contributed by atoms with Crippen LogP contribution in [0, 0.1) is 11.7 Å². The smallest absolute Gasteiger partial charge is 0.191 e. The molecular formula is C18H31FIN5. The van der Waals surface area contributed by atoms with Gasteiger partial charge in [-0.15, -0.1) is 24.0 Å². The van der Waals surface area contributed by atoms with Gasteiger partial charge in [0.2, 0.25) is 0 Å². The van der Waals surface area contributed by atoms with Gasteiger partial charge < -0.3 is 20.4 Å². The Morgan fingerprint density at radius 1 is 1.16 bits per heavy atom. The van der Waals surface area contributed by atoms with Crippen molar-refractivity contribution in [3.8, 4) is 0 Å². The second kappa shape index (κ2) is 11.6. The maximum absolute atomic E-state index is 12.9. The Kier molecular flexibility index (Phi) is 10.3. The van der Waals surface area contributed by atoms with Crippen molar-refractivity contribution in [3.63, 3.8) is 0 Å². The zero-order valence-corrected chi connectivity index (χ0v) is 17.8. The summed E-state index contributed by atoms with van der Waals surface area (Å²) in [5.41, 5.74) is 1.03. The number of hydrogen-bond acceptors (Lipinski definition) is 3. The standard InChI is InChI=1S/C18H30FN5.HI/c1-15(14-24-10-8-23(3)9-11-24)12-21-18(20-2)22-13-16-4-6-17(19)7-5-16;/h4-7,15H,8-14H2,1-3H3,(H2,20,21,22);1H. The van der Waals surface area contributed by atoms with Crippen LogP contribution in [0.15, 0.2) is 29.3 Å². The zero-order chi connectivity index (χ0) is 17.4. The molecule has 1 atom stereocenters. The minimum Gasteiger partial charge on any atom is -0.356 e. The summed E-state index contributed by atoms with van der Waals surface area (Å²) in [5.74, 6) is 1.13. The van der Waals surface area contributed by atoms with Gasteiger partial charge in [0.25, 0.3) is 0 Å². The van der Waals surface area contributed by atoms with Crippen molar-refractivity contribution in [2.45, 2.75) is 13.5 Å². The largest absolute Gasteiger partial charge is 0.356 e. The molecule has 0 radical (unpaired) electrons. The molecule has 1 aliphatic heterocycles. The van der Waals surface area contributed by atoms with E-state index in [1.54, 1.807) is 19.2 Å². The summed E-state index contributed by atoms with van der Waals surface area (Å²) in [7, 11) is 3.95. The molecule has 142 valence electrons. The molecule has 2 rings (SSSR count). The van der Waals surface area contributed by atoms with Crippen LogP contribution in [0.1, 0.15) is 12.5 Å². The monoisotopic (exact) mass is 463 g/mol. The van der Waals surface area contributed by atoms with E-state index in [0.29, 0.717) is 12.5 Å². The number of hydrogen-bond donors (Lipinski definition) is 2. The van der Waals surface area contributed by atoms with Gasteiger partial charge in [-0.2, -0.15) is 0 Å². The number of rotatable bonds is 6. The van der Waals surface area contributed by atoms with Gasteiger partial charge in [0.15, 0.2) is 5.96 Å². The third-order valence-corrected chi connectivity index (χ3v) is 4.38. The molecule has 0 aromatic heterocycles. The second-order valence-corrected chi connectivity index (χ2v) is 6.64. The molecular weight excluding hydrogens is 432 g/mol. The van der Waals surface area contributed by atoms with Crippen molar-refractivity contribution in [2.75, 3.05) is 53.4 Å². The summed E-state index contributed by atoms with van der Waals surface area (Å²) < 4.78 is 12.9. The van der Waals surface area contributed by atoms with Gasteiger partial charge in [0.05, 0.1) is 0 Å². The highest BCUT2D eigenvalue weighted by Crippen LogP contribution is 2.04. The molecule has 1 aromatic carbocycles. The lowest BCUT2D eigenvalue weighted by molar-refractivity contribution is 0.139. The summed E-state index contributed by atoms with van der Waals surface area (Å²) in [6.07, 6.45) is 0. The van der Waals surface area contributed by atoms with E-state index < -0.39 is 0 Å². The Labute approximate surface area is 168 Å². The Morgan fingerprint density at radius 2 is 1.80 bits per heavy atom. The fraction of sp³-hybridized carbons (Fsp3) is 0.611. The van der Waals surface area contributed by atoms with Gasteiger partial charge in [-0.25, -0.2) is 4.39 Å².